The van der Waals surface area contributed by atoms with Gasteiger partial charge in [0.25, 0.3) is 0 Å². The van der Waals surface area contributed by atoms with Crippen molar-refractivity contribution in [3.8, 4) is 0 Å². The van der Waals surface area contributed by atoms with E-state index in [1.165, 1.54) is 29.1 Å². The molecule has 2 heterocycles. The standard InChI is InChI=1S/C14H10AsBrF2N4O/c16-7-1-2-9(10(17)5-7)15-11-8(14(23)21-19)6-22-4-3-20-13(22)12(11)18/h1-6,15H,19H2,(H,21,23). The van der Waals surface area contributed by atoms with Gasteiger partial charge in [-0.1, -0.05) is 0 Å². The number of amides is 1. The molecule has 2 aromatic heterocycles. The number of hydrogen-bond donors (Lipinski definition) is 2. The van der Waals surface area contributed by atoms with Crippen LogP contribution in [0.2, 0.25) is 0 Å². The predicted molar refractivity (Wildman–Crippen MR) is 87.3 cm³/mol. The first-order chi connectivity index (χ1) is 11.0. The van der Waals surface area contributed by atoms with Gasteiger partial charge in [-0.15, -0.1) is 0 Å². The molecule has 0 fully saturated rings. The van der Waals surface area contributed by atoms with Crippen molar-refractivity contribution in [1.29, 1.82) is 0 Å². The van der Waals surface area contributed by atoms with E-state index in [1.54, 1.807) is 12.1 Å². The minimum absolute atomic E-state index is 0.0813. The van der Waals surface area contributed by atoms with Crippen LogP contribution in [0.25, 0.3) is 5.65 Å². The molecule has 0 aliphatic carbocycles. The Hall–Kier alpha value is -1.76. The van der Waals surface area contributed by atoms with Gasteiger partial charge in [-0.3, -0.25) is 0 Å². The van der Waals surface area contributed by atoms with E-state index in [4.69, 9.17) is 5.84 Å². The number of pyridine rings is 1. The minimum atomic E-state index is -1.45. The molecule has 0 aliphatic rings. The summed E-state index contributed by atoms with van der Waals surface area (Å²) in [5, 5.41) is 0. The first-order valence-corrected chi connectivity index (χ1v) is 9.28. The molecule has 0 bridgehead atoms. The number of rotatable bonds is 3. The number of benzene rings is 1. The van der Waals surface area contributed by atoms with Crippen molar-refractivity contribution in [2.75, 3.05) is 0 Å². The molecular formula is C14H10AsBrF2N4O. The number of aromatic nitrogens is 2. The van der Waals surface area contributed by atoms with E-state index in [1.807, 2.05) is 5.43 Å². The number of carbonyl (C=O) groups excluding carboxylic acids is 1. The van der Waals surface area contributed by atoms with E-state index in [0.717, 1.165) is 0 Å². The number of imidazole rings is 1. The van der Waals surface area contributed by atoms with Crippen molar-refractivity contribution >= 4 is 51.9 Å². The van der Waals surface area contributed by atoms with Crippen LogP contribution in [0.1, 0.15) is 10.4 Å². The summed E-state index contributed by atoms with van der Waals surface area (Å²) in [5.74, 6) is 3.47. The van der Waals surface area contributed by atoms with Crippen LogP contribution >= 0.6 is 15.9 Å². The molecule has 3 rings (SSSR count). The van der Waals surface area contributed by atoms with Crippen LogP contribution in [0, 0.1) is 11.6 Å². The Morgan fingerprint density at radius 3 is 2.87 bits per heavy atom. The Bertz CT molecular complexity index is 915. The molecule has 3 aromatic rings. The van der Waals surface area contributed by atoms with Gasteiger partial charge in [-0.25, -0.2) is 0 Å². The quantitative estimate of drug-likeness (QED) is 0.266. The first kappa shape index (κ1) is 16.1. The van der Waals surface area contributed by atoms with Gasteiger partial charge in [0, 0.05) is 0 Å². The zero-order valence-electron chi connectivity index (χ0n) is 11.5. The number of hydrogen-bond acceptors (Lipinski definition) is 3. The molecule has 5 nitrogen and oxygen atoms in total. The Balaban J connectivity index is 2.17. The number of nitrogens with one attached hydrogen (secondary N) is 1. The monoisotopic (exact) mass is 442 g/mol. The van der Waals surface area contributed by atoms with Crippen molar-refractivity contribution in [1.82, 2.24) is 14.8 Å². The molecular weight excluding hydrogens is 433 g/mol. The third-order valence-corrected chi connectivity index (χ3v) is 6.65. The van der Waals surface area contributed by atoms with Crippen LogP contribution in [0.3, 0.4) is 0 Å². The van der Waals surface area contributed by atoms with E-state index in [2.05, 4.69) is 20.9 Å². The number of fused-ring (bicyclic) bond motifs is 1. The van der Waals surface area contributed by atoms with Crippen LogP contribution in [0.5, 0.6) is 0 Å². The molecule has 1 atom stereocenters. The molecule has 0 spiro atoms. The second-order valence-electron chi connectivity index (χ2n) is 4.61. The number of nitrogen functional groups attached to an aromatic ring is 1. The number of hydrazine groups is 1. The summed E-state index contributed by atoms with van der Waals surface area (Å²) in [5.41, 5.74) is 2.17. The molecule has 0 saturated carbocycles. The van der Waals surface area contributed by atoms with Gasteiger partial charge in [0.2, 0.25) is 0 Å². The van der Waals surface area contributed by atoms with Gasteiger partial charge in [0.05, 0.1) is 0 Å². The van der Waals surface area contributed by atoms with Gasteiger partial charge < -0.3 is 0 Å². The van der Waals surface area contributed by atoms with Gasteiger partial charge in [0.15, 0.2) is 0 Å². The Morgan fingerprint density at radius 1 is 1.39 bits per heavy atom. The third kappa shape index (κ3) is 3.02. The van der Waals surface area contributed by atoms with Crippen molar-refractivity contribution < 1.29 is 13.6 Å². The van der Waals surface area contributed by atoms with E-state index < -0.39 is 33.3 Å². The van der Waals surface area contributed by atoms with E-state index in [-0.39, 0.29) is 15.6 Å². The second-order valence-corrected chi connectivity index (χ2v) is 8.23. The van der Waals surface area contributed by atoms with Crippen LogP contribution in [-0.4, -0.2) is 31.0 Å². The Labute approximate surface area is 144 Å². The molecule has 3 N–H and O–H groups in total. The fraction of sp³-hybridized carbons (Fsp3) is 0. The summed E-state index contributed by atoms with van der Waals surface area (Å²) in [6, 6.07) is 4.57. The zero-order chi connectivity index (χ0) is 16.6. The molecule has 1 aromatic carbocycles. The van der Waals surface area contributed by atoms with Crippen molar-refractivity contribution in [2.45, 2.75) is 0 Å². The summed E-state index contributed by atoms with van der Waals surface area (Å²) in [7, 11) is 0. The van der Waals surface area contributed by atoms with Crippen molar-refractivity contribution in [3.05, 3.63) is 58.5 Å². The van der Waals surface area contributed by atoms with Gasteiger partial charge in [0.1, 0.15) is 0 Å². The second kappa shape index (κ2) is 6.39. The summed E-state index contributed by atoms with van der Waals surface area (Å²) >= 11 is 1.73. The number of nitrogens with zero attached hydrogens (tertiary/aromatic N) is 2. The van der Waals surface area contributed by atoms with E-state index in [9.17, 15) is 13.6 Å². The summed E-state index contributed by atoms with van der Waals surface area (Å²) < 4.78 is 31.4. The van der Waals surface area contributed by atoms with Crippen LogP contribution in [0.4, 0.5) is 8.78 Å². The summed E-state index contributed by atoms with van der Waals surface area (Å²) in [6.07, 6.45) is 4.39. The van der Waals surface area contributed by atoms with Crippen LogP contribution in [-0.2, 0) is 0 Å². The Morgan fingerprint density at radius 2 is 2.17 bits per heavy atom. The third-order valence-electron chi connectivity index (χ3n) is 3.19. The maximum atomic E-state index is 14.8. The molecule has 9 heteroatoms. The molecule has 1 unspecified atom stereocenters. The molecule has 118 valence electrons. The normalized spacial score (nSPS) is 11.5. The molecule has 0 aliphatic heterocycles. The number of carbonyl (C=O) groups is 1. The van der Waals surface area contributed by atoms with Crippen molar-refractivity contribution in [3.63, 3.8) is 0 Å². The number of nitrogens with two attached hydrogens (primary N) is 1. The number of halogens is 3. The topological polar surface area (TPSA) is 72.4 Å². The van der Waals surface area contributed by atoms with Crippen molar-refractivity contribution in [2.24, 2.45) is 5.84 Å². The zero-order valence-corrected chi connectivity index (χ0v) is 15.2. The summed E-state index contributed by atoms with van der Waals surface area (Å²) in [4.78, 5) is 15.9. The summed E-state index contributed by atoms with van der Waals surface area (Å²) in [6.45, 7) is 0. The maximum absolute atomic E-state index is 14.8. The van der Waals surface area contributed by atoms with Crippen LogP contribution in [0.15, 0.2) is 41.3 Å². The molecule has 23 heavy (non-hydrogen) atoms. The van der Waals surface area contributed by atoms with E-state index >= 15 is 0 Å². The van der Waals surface area contributed by atoms with Gasteiger partial charge in [-0.05, 0) is 0 Å². The first-order valence-electron chi connectivity index (χ1n) is 6.39. The van der Waals surface area contributed by atoms with E-state index in [0.29, 0.717) is 8.82 Å². The average Bonchev–Trinajstić information content (AvgIpc) is 3.00. The Kier molecular flexibility index (Phi) is 4.48. The predicted octanol–water partition coefficient (Wildman–Crippen LogP) is 0.366. The van der Waals surface area contributed by atoms with Gasteiger partial charge >= 0.3 is 145 Å². The fourth-order valence-electron chi connectivity index (χ4n) is 2.12. The molecule has 0 radical (unpaired) electrons. The SMILES string of the molecule is NNC(=O)c1cn2ccnc2c(F)c1[AsH]c1ccc(Br)cc1F. The molecule has 1 amide bonds. The fourth-order valence-corrected chi connectivity index (χ4v) is 4.89. The van der Waals surface area contributed by atoms with Gasteiger partial charge in [-0.2, -0.15) is 0 Å². The molecule has 0 saturated heterocycles. The van der Waals surface area contributed by atoms with Crippen LogP contribution < -0.4 is 20.0 Å². The average molecular weight is 443 g/mol.